The standard InChI is InChI=1S/C20H24FN5O/c1-3-22-18-14-19(24-15(2)23-18)25-10-12-26(13-11-25)20(27)9-8-16-6-4-5-7-17(16)21/h4-9,14H,3,10-13H2,1-2H3,(H,22,23,24)/b9-8+. The average Bonchev–Trinajstić information content (AvgIpc) is 2.67. The molecule has 0 aliphatic carbocycles. The molecule has 0 atom stereocenters. The molecule has 27 heavy (non-hydrogen) atoms. The summed E-state index contributed by atoms with van der Waals surface area (Å²) in [6.07, 6.45) is 2.96. The van der Waals surface area contributed by atoms with E-state index in [-0.39, 0.29) is 11.7 Å². The van der Waals surface area contributed by atoms with Crippen LogP contribution in [0.1, 0.15) is 18.3 Å². The van der Waals surface area contributed by atoms with E-state index in [2.05, 4.69) is 20.2 Å². The Balaban J connectivity index is 1.60. The van der Waals surface area contributed by atoms with Gasteiger partial charge in [0.15, 0.2) is 0 Å². The number of benzene rings is 1. The van der Waals surface area contributed by atoms with Gasteiger partial charge in [-0.3, -0.25) is 4.79 Å². The highest BCUT2D eigenvalue weighted by Crippen LogP contribution is 2.18. The number of nitrogens with one attached hydrogen (secondary N) is 1. The maximum atomic E-state index is 13.6. The number of hydrogen-bond donors (Lipinski definition) is 1. The molecule has 2 aromatic rings. The largest absolute Gasteiger partial charge is 0.370 e. The predicted octanol–water partition coefficient (Wildman–Crippen LogP) is 2.72. The third-order valence-electron chi connectivity index (χ3n) is 4.41. The third kappa shape index (κ3) is 4.81. The van der Waals surface area contributed by atoms with E-state index in [0.29, 0.717) is 31.7 Å². The summed E-state index contributed by atoms with van der Waals surface area (Å²) in [5, 5.41) is 3.21. The van der Waals surface area contributed by atoms with Crippen molar-refractivity contribution in [3.8, 4) is 0 Å². The molecule has 0 bridgehead atoms. The molecule has 142 valence electrons. The van der Waals surface area contributed by atoms with Crippen LogP contribution in [0.2, 0.25) is 0 Å². The van der Waals surface area contributed by atoms with Crippen LogP contribution in [0.4, 0.5) is 16.0 Å². The van der Waals surface area contributed by atoms with E-state index in [0.717, 1.165) is 24.0 Å². The fourth-order valence-corrected chi connectivity index (χ4v) is 3.02. The highest BCUT2D eigenvalue weighted by atomic mass is 19.1. The van der Waals surface area contributed by atoms with Gasteiger partial charge in [0.05, 0.1) is 0 Å². The normalized spacial score (nSPS) is 14.6. The second-order valence-corrected chi connectivity index (χ2v) is 6.36. The molecule has 0 spiro atoms. The van der Waals surface area contributed by atoms with Gasteiger partial charge in [0.25, 0.3) is 0 Å². The zero-order chi connectivity index (χ0) is 19.2. The van der Waals surface area contributed by atoms with Gasteiger partial charge in [-0.1, -0.05) is 18.2 Å². The zero-order valence-electron chi connectivity index (χ0n) is 15.7. The number of carbonyl (C=O) groups is 1. The number of carbonyl (C=O) groups excluding carboxylic acids is 1. The Morgan fingerprint density at radius 2 is 1.96 bits per heavy atom. The molecule has 1 fully saturated rings. The molecule has 0 saturated carbocycles. The summed E-state index contributed by atoms with van der Waals surface area (Å²) in [6, 6.07) is 8.35. The van der Waals surface area contributed by atoms with Crippen LogP contribution in [-0.4, -0.2) is 53.5 Å². The van der Waals surface area contributed by atoms with Crippen LogP contribution in [0.25, 0.3) is 6.08 Å². The number of anilines is 2. The number of piperazine rings is 1. The Kier molecular flexibility index (Phi) is 6.01. The van der Waals surface area contributed by atoms with Crippen molar-refractivity contribution in [3.63, 3.8) is 0 Å². The summed E-state index contributed by atoms with van der Waals surface area (Å²) in [4.78, 5) is 25.2. The van der Waals surface area contributed by atoms with Crippen LogP contribution in [0.15, 0.2) is 36.4 Å². The first-order valence-electron chi connectivity index (χ1n) is 9.13. The van der Waals surface area contributed by atoms with Gasteiger partial charge in [-0.25, -0.2) is 14.4 Å². The van der Waals surface area contributed by atoms with Gasteiger partial charge >= 0.3 is 0 Å². The number of halogens is 1. The molecule has 1 amide bonds. The Morgan fingerprint density at radius 3 is 2.67 bits per heavy atom. The molecule has 1 aromatic carbocycles. The van der Waals surface area contributed by atoms with E-state index in [1.807, 2.05) is 19.9 Å². The quantitative estimate of drug-likeness (QED) is 0.821. The molecule has 1 aliphatic heterocycles. The summed E-state index contributed by atoms with van der Waals surface area (Å²) >= 11 is 0. The number of aryl methyl sites for hydroxylation is 1. The lowest BCUT2D eigenvalue weighted by molar-refractivity contribution is -0.126. The van der Waals surface area contributed by atoms with Gasteiger partial charge < -0.3 is 15.1 Å². The summed E-state index contributed by atoms with van der Waals surface area (Å²) in [5.41, 5.74) is 0.414. The van der Waals surface area contributed by atoms with E-state index in [1.54, 1.807) is 23.1 Å². The fraction of sp³-hybridized carbons (Fsp3) is 0.350. The molecule has 1 saturated heterocycles. The van der Waals surface area contributed by atoms with Crippen molar-refractivity contribution in [1.82, 2.24) is 14.9 Å². The number of rotatable bonds is 5. The second-order valence-electron chi connectivity index (χ2n) is 6.36. The molecule has 0 radical (unpaired) electrons. The van der Waals surface area contributed by atoms with Crippen molar-refractivity contribution in [1.29, 1.82) is 0 Å². The number of aromatic nitrogens is 2. The molecule has 2 heterocycles. The van der Waals surface area contributed by atoms with Gasteiger partial charge in [-0.2, -0.15) is 0 Å². The Morgan fingerprint density at radius 1 is 1.22 bits per heavy atom. The maximum absolute atomic E-state index is 13.6. The summed E-state index contributed by atoms with van der Waals surface area (Å²) in [7, 11) is 0. The lowest BCUT2D eigenvalue weighted by atomic mass is 10.2. The van der Waals surface area contributed by atoms with E-state index >= 15 is 0 Å². The minimum absolute atomic E-state index is 0.106. The van der Waals surface area contributed by atoms with Crippen LogP contribution in [-0.2, 0) is 4.79 Å². The van der Waals surface area contributed by atoms with E-state index in [1.165, 1.54) is 18.2 Å². The summed E-state index contributed by atoms with van der Waals surface area (Å²) in [5.74, 6) is 1.96. The molecule has 1 N–H and O–H groups in total. The van der Waals surface area contributed by atoms with Gasteiger partial charge in [-0.15, -0.1) is 0 Å². The lowest BCUT2D eigenvalue weighted by Crippen LogP contribution is -2.48. The Labute approximate surface area is 158 Å². The van der Waals surface area contributed by atoms with Gasteiger partial charge in [0.1, 0.15) is 23.3 Å². The van der Waals surface area contributed by atoms with E-state index < -0.39 is 0 Å². The van der Waals surface area contributed by atoms with E-state index in [9.17, 15) is 9.18 Å². The van der Waals surface area contributed by atoms with Crippen molar-refractivity contribution >= 4 is 23.6 Å². The first kappa shape index (κ1) is 18.8. The van der Waals surface area contributed by atoms with Crippen LogP contribution in [0.3, 0.4) is 0 Å². The Bertz CT molecular complexity index is 831. The van der Waals surface area contributed by atoms with Crippen LogP contribution >= 0.6 is 0 Å². The van der Waals surface area contributed by atoms with Crippen molar-refractivity contribution in [3.05, 3.63) is 53.6 Å². The number of nitrogens with zero attached hydrogens (tertiary/aromatic N) is 4. The highest BCUT2D eigenvalue weighted by molar-refractivity contribution is 5.92. The van der Waals surface area contributed by atoms with Gasteiger partial charge in [-0.05, 0) is 26.0 Å². The molecule has 6 nitrogen and oxygen atoms in total. The fourth-order valence-electron chi connectivity index (χ4n) is 3.02. The molecular formula is C20H24FN5O. The first-order valence-corrected chi connectivity index (χ1v) is 9.13. The van der Waals surface area contributed by atoms with E-state index in [4.69, 9.17) is 0 Å². The summed E-state index contributed by atoms with van der Waals surface area (Å²) < 4.78 is 13.6. The smallest absolute Gasteiger partial charge is 0.246 e. The highest BCUT2D eigenvalue weighted by Gasteiger charge is 2.21. The third-order valence-corrected chi connectivity index (χ3v) is 4.41. The van der Waals surface area contributed by atoms with Crippen LogP contribution in [0.5, 0.6) is 0 Å². The van der Waals surface area contributed by atoms with Gasteiger partial charge in [0.2, 0.25) is 5.91 Å². The zero-order valence-corrected chi connectivity index (χ0v) is 15.7. The second kappa shape index (κ2) is 8.62. The molecule has 7 heteroatoms. The number of hydrogen-bond acceptors (Lipinski definition) is 5. The van der Waals surface area contributed by atoms with Crippen molar-refractivity contribution in [2.24, 2.45) is 0 Å². The molecule has 0 unspecified atom stereocenters. The van der Waals surface area contributed by atoms with Crippen molar-refractivity contribution in [2.75, 3.05) is 42.9 Å². The van der Waals surface area contributed by atoms with Crippen molar-refractivity contribution < 1.29 is 9.18 Å². The van der Waals surface area contributed by atoms with Crippen LogP contribution in [0, 0.1) is 12.7 Å². The number of amides is 1. The molecular weight excluding hydrogens is 345 g/mol. The topological polar surface area (TPSA) is 61.4 Å². The SMILES string of the molecule is CCNc1cc(N2CCN(C(=O)/C=C/c3ccccc3F)CC2)nc(C)n1. The molecule has 1 aromatic heterocycles. The Hall–Kier alpha value is -2.96. The van der Waals surface area contributed by atoms with Gasteiger partial charge in [0, 0.05) is 50.4 Å². The average molecular weight is 369 g/mol. The summed E-state index contributed by atoms with van der Waals surface area (Å²) in [6.45, 7) is 7.28. The predicted molar refractivity (Wildman–Crippen MR) is 105 cm³/mol. The first-order chi connectivity index (χ1) is 13.1. The maximum Gasteiger partial charge on any atom is 0.246 e. The minimum Gasteiger partial charge on any atom is -0.370 e. The van der Waals surface area contributed by atoms with Crippen LogP contribution < -0.4 is 10.2 Å². The lowest BCUT2D eigenvalue weighted by Gasteiger charge is -2.35. The molecule has 3 rings (SSSR count). The van der Waals surface area contributed by atoms with Crippen molar-refractivity contribution in [2.45, 2.75) is 13.8 Å². The molecule has 1 aliphatic rings. The minimum atomic E-state index is -0.331. The monoisotopic (exact) mass is 369 g/mol.